The standard InChI is InChI=1S/C16H20ClN3O3S/c17-12-1-2-14(19-5-8-23-9-6-19)13(11-12)18-15(21)3-4-20-7-10-24-16(20)22/h1-2,11H,3-10H2,(H,18,21). The van der Waals surface area contributed by atoms with E-state index in [1.165, 1.54) is 11.8 Å². The van der Waals surface area contributed by atoms with Gasteiger partial charge in [0.25, 0.3) is 5.24 Å². The number of ether oxygens (including phenoxy) is 1. The smallest absolute Gasteiger partial charge is 0.281 e. The quantitative estimate of drug-likeness (QED) is 0.864. The Morgan fingerprint density at radius 3 is 2.79 bits per heavy atom. The molecule has 0 aliphatic carbocycles. The molecule has 2 aliphatic rings. The molecule has 0 radical (unpaired) electrons. The van der Waals surface area contributed by atoms with Crippen molar-refractivity contribution in [1.82, 2.24) is 4.90 Å². The number of nitrogens with one attached hydrogen (secondary N) is 1. The van der Waals surface area contributed by atoms with Crippen LogP contribution in [0.15, 0.2) is 18.2 Å². The second-order valence-electron chi connectivity index (χ2n) is 5.66. The predicted octanol–water partition coefficient (Wildman–Crippen LogP) is 2.67. The topological polar surface area (TPSA) is 61.9 Å². The Kier molecular flexibility index (Phi) is 5.86. The highest BCUT2D eigenvalue weighted by Crippen LogP contribution is 2.30. The molecule has 0 atom stereocenters. The second kappa shape index (κ2) is 8.09. The average molecular weight is 370 g/mol. The van der Waals surface area contributed by atoms with Crippen LogP contribution in [-0.2, 0) is 9.53 Å². The molecule has 1 N–H and O–H groups in total. The largest absolute Gasteiger partial charge is 0.378 e. The van der Waals surface area contributed by atoms with Gasteiger partial charge < -0.3 is 19.9 Å². The number of hydrogen-bond donors (Lipinski definition) is 1. The minimum absolute atomic E-state index is 0.0551. The van der Waals surface area contributed by atoms with Crippen molar-refractivity contribution in [3.8, 4) is 0 Å². The number of carbonyl (C=O) groups is 2. The summed E-state index contributed by atoms with van der Waals surface area (Å²) in [6.45, 7) is 4.07. The highest BCUT2D eigenvalue weighted by molar-refractivity contribution is 8.13. The van der Waals surface area contributed by atoms with Gasteiger partial charge >= 0.3 is 0 Å². The van der Waals surface area contributed by atoms with E-state index in [1.807, 2.05) is 12.1 Å². The summed E-state index contributed by atoms with van der Waals surface area (Å²) in [5.74, 6) is 0.687. The van der Waals surface area contributed by atoms with Gasteiger partial charge in [0.1, 0.15) is 0 Å². The third-order valence-corrected chi connectivity index (χ3v) is 5.17. The Labute approximate surface area is 150 Å². The molecule has 0 aromatic heterocycles. The van der Waals surface area contributed by atoms with Crippen LogP contribution in [-0.4, -0.2) is 61.2 Å². The van der Waals surface area contributed by atoms with E-state index in [0.717, 1.165) is 24.5 Å². The number of morpholine rings is 1. The molecule has 2 heterocycles. The molecular formula is C16H20ClN3O3S. The molecule has 24 heavy (non-hydrogen) atoms. The molecule has 2 fully saturated rings. The van der Waals surface area contributed by atoms with Gasteiger partial charge in [-0.3, -0.25) is 9.59 Å². The van der Waals surface area contributed by atoms with Gasteiger partial charge in [-0.2, -0.15) is 0 Å². The molecule has 0 spiro atoms. The fourth-order valence-electron chi connectivity index (χ4n) is 2.77. The molecule has 8 heteroatoms. The highest BCUT2D eigenvalue weighted by atomic mass is 35.5. The van der Waals surface area contributed by atoms with E-state index < -0.39 is 0 Å². The fourth-order valence-corrected chi connectivity index (χ4v) is 3.79. The van der Waals surface area contributed by atoms with Crippen molar-refractivity contribution >= 4 is 45.9 Å². The van der Waals surface area contributed by atoms with Crippen LogP contribution in [0, 0.1) is 0 Å². The molecule has 2 saturated heterocycles. The first-order chi connectivity index (χ1) is 11.6. The first kappa shape index (κ1) is 17.4. The molecule has 0 unspecified atom stereocenters. The van der Waals surface area contributed by atoms with Crippen molar-refractivity contribution in [2.75, 3.05) is 55.4 Å². The minimum Gasteiger partial charge on any atom is -0.378 e. The third kappa shape index (κ3) is 4.34. The Morgan fingerprint density at radius 2 is 2.08 bits per heavy atom. The summed E-state index contributed by atoms with van der Waals surface area (Å²) < 4.78 is 5.38. The number of carbonyl (C=O) groups excluding carboxylic acids is 2. The lowest BCUT2D eigenvalue weighted by molar-refractivity contribution is -0.116. The molecular weight excluding hydrogens is 350 g/mol. The number of rotatable bonds is 5. The van der Waals surface area contributed by atoms with Crippen LogP contribution in [0.4, 0.5) is 16.2 Å². The zero-order chi connectivity index (χ0) is 16.9. The van der Waals surface area contributed by atoms with Gasteiger partial charge in [-0.05, 0) is 18.2 Å². The van der Waals surface area contributed by atoms with Crippen molar-refractivity contribution in [2.24, 2.45) is 0 Å². The maximum atomic E-state index is 12.3. The fraction of sp³-hybridized carbons (Fsp3) is 0.500. The number of halogens is 1. The molecule has 1 aromatic carbocycles. The van der Waals surface area contributed by atoms with Crippen LogP contribution in [0.1, 0.15) is 6.42 Å². The third-order valence-electron chi connectivity index (χ3n) is 4.04. The Balaban J connectivity index is 1.63. The minimum atomic E-state index is -0.114. The number of thioether (sulfide) groups is 1. The van der Waals surface area contributed by atoms with Crippen LogP contribution in [0.3, 0.4) is 0 Å². The van der Waals surface area contributed by atoms with Gasteiger partial charge in [-0.15, -0.1) is 0 Å². The van der Waals surface area contributed by atoms with E-state index in [0.29, 0.717) is 37.0 Å². The van der Waals surface area contributed by atoms with Gasteiger partial charge in [0.15, 0.2) is 0 Å². The van der Waals surface area contributed by atoms with E-state index in [2.05, 4.69) is 10.2 Å². The van der Waals surface area contributed by atoms with E-state index in [1.54, 1.807) is 11.0 Å². The van der Waals surface area contributed by atoms with E-state index in [9.17, 15) is 9.59 Å². The number of nitrogens with zero attached hydrogens (tertiary/aromatic N) is 2. The molecule has 3 rings (SSSR count). The Morgan fingerprint density at radius 1 is 1.29 bits per heavy atom. The molecule has 0 saturated carbocycles. The monoisotopic (exact) mass is 369 g/mol. The SMILES string of the molecule is O=C(CCN1CCSC1=O)Nc1cc(Cl)ccc1N1CCOCC1. The van der Waals surface area contributed by atoms with Crippen molar-refractivity contribution in [3.63, 3.8) is 0 Å². The molecule has 2 aliphatic heterocycles. The van der Waals surface area contributed by atoms with Gasteiger partial charge in [0.2, 0.25) is 5.91 Å². The van der Waals surface area contributed by atoms with E-state index in [4.69, 9.17) is 16.3 Å². The predicted molar refractivity (Wildman–Crippen MR) is 97.2 cm³/mol. The van der Waals surface area contributed by atoms with Gasteiger partial charge in [0.05, 0.1) is 24.6 Å². The summed E-state index contributed by atoms with van der Waals surface area (Å²) in [5.41, 5.74) is 1.65. The van der Waals surface area contributed by atoms with Crippen LogP contribution in [0.25, 0.3) is 0 Å². The average Bonchev–Trinajstić information content (AvgIpc) is 2.99. The first-order valence-corrected chi connectivity index (χ1v) is 9.33. The van der Waals surface area contributed by atoms with Gasteiger partial charge in [-0.25, -0.2) is 0 Å². The summed E-state index contributed by atoms with van der Waals surface area (Å²) >= 11 is 7.39. The zero-order valence-electron chi connectivity index (χ0n) is 13.3. The molecule has 2 amide bonds. The van der Waals surface area contributed by atoms with Crippen LogP contribution in [0.5, 0.6) is 0 Å². The highest BCUT2D eigenvalue weighted by Gasteiger charge is 2.22. The lowest BCUT2D eigenvalue weighted by Gasteiger charge is -2.30. The zero-order valence-corrected chi connectivity index (χ0v) is 14.9. The van der Waals surface area contributed by atoms with Crippen LogP contribution >= 0.6 is 23.4 Å². The van der Waals surface area contributed by atoms with Crippen molar-refractivity contribution < 1.29 is 14.3 Å². The van der Waals surface area contributed by atoms with E-state index in [-0.39, 0.29) is 17.6 Å². The van der Waals surface area contributed by atoms with Crippen LogP contribution < -0.4 is 10.2 Å². The molecule has 1 aromatic rings. The summed E-state index contributed by atoms with van der Waals surface area (Å²) in [5, 5.41) is 3.57. The number of benzene rings is 1. The lowest BCUT2D eigenvalue weighted by Crippen LogP contribution is -2.36. The van der Waals surface area contributed by atoms with Crippen molar-refractivity contribution in [2.45, 2.75) is 6.42 Å². The molecule has 130 valence electrons. The number of hydrogen-bond acceptors (Lipinski definition) is 5. The Bertz CT molecular complexity index is 623. The summed E-state index contributed by atoms with van der Waals surface area (Å²) in [4.78, 5) is 27.7. The van der Waals surface area contributed by atoms with Gasteiger partial charge in [-0.1, -0.05) is 23.4 Å². The summed E-state index contributed by atoms with van der Waals surface area (Å²) in [7, 11) is 0. The maximum absolute atomic E-state index is 12.3. The number of amides is 2. The maximum Gasteiger partial charge on any atom is 0.281 e. The lowest BCUT2D eigenvalue weighted by atomic mass is 10.2. The Hall–Kier alpha value is -1.44. The molecule has 0 bridgehead atoms. The van der Waals surface area contributed by atoms with Crippen LogP contribution in [0.2, 0.25) is 5.02 Å². The van der Waals surface area contributed by atoms with E-state index >= 15 is 0 Å². The number of anilines is 2. The van der Waals surface area contributed by atoms with Crippen molar-refractivity contribution in [3.05, 3.63) is 23.2 Å². The molecule has 6 nitrogen and oxygen atoms in total. The van der Waals surface area contributed by atoms with Gasteiger partial charge in [0, 0.05) is 43.4 Å². The second-order valence-corrected chi connectivity index (χ2v) is 7.14. The van der Waals surface area contributed by atoms with Crippen molar-refractivity contribution in [1.29, 1.82) is 0 Å². The summed E-state index contributed by atoms with van der Waals surface area (Å²) in [6, 6.07) is 5.51. The normalized spacial score (nSPS) is 18.1. The summed E-state index contributed by atoms with van der Waals surface area (Å²) in [6.07, 6.45) is 0.279. The first-order valence-electron chi connectivity index (χ1n) is 7.97.